The van der Waals surface area contributed by atoms with E-state index < -0.39 is 20.3 Å². The fourth-order valence-electron chi connectivity index (χ4n) is 0.454. The first-order valence-electron chi connectivity index (χ1n) is 3.11. The van der Waals surface area contributed by atoms with E-state index in [1.165, 1.54) is 7.05 Å². The molecule has 0 saturated heterocycles. The van der Waals surface area contributed by atoms with Gasteiger partial charge in [0.15, 0.2) is 5.96 Å². The third-order valence-electron chi connectivity index (χ3n) is 1.01. The van der Waals surface area contributed by atoms with E-state index in [-0.39, 0.29) is 5.96 Å². The van der Waals surface area contributed by atoms with Gasteiger partial charge in [-0.25, -0.2) is 14.9 Å². The van der Waals surface area contributed by atoms with Gasteiger partial charge in [-0.15, -0.1) is 0 Å². The molecule has 0 radical (unpaired) electrons. The SMILES string of the molecule is CN(CC(=O)OP(N)(=O)O)C(=N)N. The lowest BCUT2D eigenvalue weighted by atomic mass is 10.6. The van der Waals surface area contributed by atoms with Gasteiger partial charge in [-0.2, -0.15) is 0 Å². The van der Waals surface area contributed by atoms with Gasteiger partial charge < -0.3 is 20.1 Å². The summed E-state index contributed by atoms with van der Waals surface area (Å²) in [6.45, 7) is -0.406. The van der Waals surface area contributed by atoms with Crippen LogP contribution in [-0.2, 0) is 13.9 Å². The van der Waals surface area contributed by atoms with E-state index in [1.54, 1.807) is 0 Å². The standard InChI is InChI=1S/C4H11N4O4P/c1-8(4(5)6)2-3(9)12-13(7,10)11/h2H2,1H3,(H3,5,6)(H3,7,10,11). The summed E-state index contributed by atoms with van der Waals surface area (Å²) >= 11 is 0. The van der Waals surface area contributed by atoms with Gasteiger partial charge in [0.2, 0.25) is 0 Å². The van der Waals surface area contributed by atoms with E-state index in [4.69, 9.17) is 16.0 Å². The Morgan fingerprint density at radius 3 is 2.54 bits per heavy atom. The predicted molar refractivity (Wildman–Crippen MR) is 44.6 cm³/mol. The maximum atomic E-state index is 10.7. The number of rotatable bonds is 3. The minimum absolute atomic E-state index is 0.359. The molecule has 9 heteroatoms. The molecule has 0 fully saturated rings. The number of nitrogens with zero attached hydrogens (tertiary/aromatic N) is 1. The summed E-state index contributed by atoms with van der Waals surface area (Å²) in [4.78, 5) is 20.2. The van der Waals surface area contributed by atoms with Crippen LogP contribution in [0.5, 0.6) is 0 Å². The van der Waals surface area contributed by atoms with Gasteiger partial charge in [-0.1, -0.05) is 0 Å². The first-order valence-corrected chi connectivity index (χ1v) is 4.76. The molecule has 13 heavy (non-hydrogen) atoms. The summed E-state index contributed by atoms with van der Waals surface area (Å²) in [5, 5.41) is 6.86. The third kappa shape index (κ3) is 6.09. The number of carbonyl (C=O) groups excluding carboxylic acids is 1. The quantitative estimate of drug-likeness (QED) is 0.250. The molecule has 8 nitrogen and oxygen atoms in total. The second-order valence-corrected chi connectivity index (χ2v) is 3.58. The zero-order chi connectivity index (χ0) is 10.6. The van der Waals surface area contributed by atoms with Gasteiger partial charge in [0.25, 0.3) is 0 Å². The van der Waals surface area contributed by atoms with Crippen LogP contribution in [0.25, 0.3) is 0 Å². The number of guanidine groups is 1. The molecule has 0 amide bonds. The maximum absolute atomic E-state index is 10.7. The minimum Gasteiger partial charge on any atom is -0.379 e. The van der Waals surface area contributed by atoms with Crippen LogP contribution in [0.2, 0.25) is 0 Å². The van der Waals surface area contributed by atoms with Crippen molar-refractivity contribution < 1.29 is 18.8 Å². The van der Waals surface area contributed by atoms with Crippen LogP contribution in [0, 0.1) is 5.41 Å². The molecule has 0 heterocycles. The predicted octanol–water partition coefficient (Wildman–Crippen LogP) is -1.59. The normalized spacial score (nSPS) is 14.4. The van der Waals surface area contributed by atoms with Crippen molar-refractivity contribution in [2.75, 3.05) is 13.6 Å². The maximum Gasteiger partial charge on any atom is 0.455 e. The molecule has 0 aliphatic rings. The molecular formula is C4H11N4O4P. The van der Waals surface area contributed by atoms with Crippen molar-refractivity contribution in [1.29, 1.82) is 5.41 Å². The highest BCUT2D eigenvalue weighted by atomic mass is 31.2. The molecular weight excluding hydrogens is 199 g/mol. The summed E-state index contributed by atoms with van der Waals surface area (Å²) in [7, 11) is -2.95. The van der Waals surface area contributed by atoms with Crippen LogP contribution < -0.4 is 11.2 Å². The molecule has 0 aromatic heterocycles. The highest BCUT2D eigenvalue weighted by molar-refractivity contribution is 7.50. The van der Waals surface area contributed by atoms with E-state index in [0.29, 0.717) is 0 Å². The summed E-state index contributed by atoms with van der Waals surface area (Å²) in [6, 6.07) is 0. The van der Waals surface area contributed by atoms with E-state index in [9.17, 15) is 9.36 Å². The average Bonchev–Trinajstić information content (AvgIpc) is 1.81. The number of likely N-dealkylation sites (N-methyl/N-ethyl adjacent to an activating group) is 1. The average molecular weight is 210 g/mol. The molecule has 1 atom stereocenters. The minimum atomic E-state index is -4.30. The van der Waals surface area contributed by atoms with E-state index in [2.05, 4.69) is 10.0 Å². The van der Waals surface area contributed by atoms with Gasteiger partial charge >= 0.3 is 13.7 Å². The van der Waals surface area contributed by atoms with Crippen molar-refractivity contribution in [3.05, 3.63) is 0 Å². The molecule has 76 valence electrons. The Morgan fingerprint density at radius 1 is 1.77 bits per heavy atom. The molecule has 0 aromatic rings. The number of hydrogen-bond donors (Lipinski definition) is 4. The fraction of sp³-hybridized carbons (Fsp3) is 0.500. The van der Waals surface area contributed by atoms with Gasteiger partial charge in [0.05, 0.1) is 0 Å². The topological polar surface area (TPSA) is 143 Å². The van der Waals surface area contributed by atoms with Crippen LogP contribution in [0.4, 0.5) is 0 Å². The smallest absolute Gasteiger partial charge is 0.379 e. The molecule has 6 N–H and O–H groups in total. The van der Waals surface area contributed by atoms with Crippen LogP contribution in [-0.4, -0.2) is 35.3 Å². The van der Waals surface area contributed by atoms with E-state index in [0.717, 1.165) is 4.90 Å². The summed E-state index contributed by atoms with van der Waals surface area (Å²) in [5.41, 5.74) is 9.54. The second kappa shape index (κ2) is 4.22. The highest BCUT2D eigenvalue weighted by Crippen LogP contribution is 2.30. The summed E-state index contributed by atoms with van der Waals surface area (Å²) in [6.07, 6.45) is 0. The number of nitrogens with two attached hydrogens (primary N) is 2. The van der Waals surface area contributed by atoms with E-state index in [1.807, 2.05) is 0 Å². The third-order valence-corrected chi connectivity index (χ3v) is 1.48. The van der Waals surface area contributed by atoms with Crippen LogP contribution in [0.1, 0.15) is 0 Å². The molecule has 1 unspecified atom stereocenters. The Balaban J connectivity index is 4.03. The van der Waals surface area contributed by atoms with Gasteiger partial charge in [-0.05, 0) is 0 Å². The first-order chi connectivity index (χ1) is 5.72. The highest BCUT2D eigenvalue weighted by Gasteiger charge is 2.19. The Kier molecular flexibility index (Phi) is 3.86. The Hall–Kier alpha value is -1.11. The monoisotopic (exact) mass is 210 g/mol. The number of hydrogen-bond acceptors (Lipinski definition) is 4. The second-order valence-electron chi connectivity index (χ2n) is 2.27. The lowest BCUT2D eigenvalue weighted by Crippen LogP contribution is -2.37. The largest absolute Gasteiger partial charge is 0.455 e. The van der Waals surface area contributed by atoms with E-state index >= 15 is 0 Å². The van der Waals surface area contributed by atoms with Gasteiger partial charge in [0, 0.05) is 7.05 Å². The Labute approximate surface area is 74.5 Å². The van der Waals surface area contributed by atoms with Gasteiger partial charge in [0.1, 0.15) is 6.54 Å². The Bertz CT molecular complexity index is 261. The van der Waals surface area contributed by atoms with Gasteiger partial charge in [-0.3, -0.25) is 5.41 Å². The van der Waals surface area contributed by atoms with Crippen LogP contribution in [0.15, 0.2) is 0 Å². The molecule has 0 bridgehead atoms. The zero-order valence-corrected chi connectivity index (χ0v) is 7.82. The molecule has 0 saturated carbocycles. The van der Waals surface area contributed by atoms with Crippen molar-refractivity contribution in [2.45, 2.75) is 0 Å². The molecule has 0 aromatic carbocycles. The lowest BCUT2D eigenvalue weighted by Gasteiger charge is -2.15. The molecule has 0 spiro atoms. The molecule has 0 rings (SSSR count). The molecule has 0 aliphatic heterocycles. The number of carbonyl (C=O) groups is 1. The van der Waals surface area contributed by atoms with Crippen LogP contribution in [0.3, 0.4) is 0 Å². The van der Waals surface area contributed by atoms with Crippen molar-refractivity contribution in [2.24, 2.45) is 11.2 Å². The van der Waals surface area contributed by atoms with Crippen molar-refractivity contribution in [3.8, 4) is 0 Å². The molecule has 0 aliphatic carbocycles. The summed E-state index contributed by atoms with van der Waals surface area (Å²) < 4.78 is 14.3. The van der Waals surface area contributed by atoms with Crippen molar-refractivity contribution >= 4 is 19.7 Å². The first kappa shape index (κ1) is 11.9. The summed E-state index contributed by atoms with van der Waals surface area (Å²) in [5.74, 6) is -1.38. The lowest BCUT2D eigenvalue weighted by molar-refractivity contribution is -0.134. The van der Waals surface area contributed by atoms with Crippen molar-refractivity contribution in [1.82, 2.24) is 4.90 Å². The van der Waals surface area contributed by atoms with Crippen LogP contribution >= 0.6 is 7.75 Å². The fourth-order valence-corrected chi connectivity index (χ4v) is 0.803. The zero-order valence-electron chi connectivity index (χ0n) is 6.93. The van der Waals surface area contributed by atoms with Crippen molar-refractivity contribution in [3.63, 3.8) is 0 Å². The Morgan fingerprint density at radius 2 is 2.23 bits per heavy atom. The number of nitrogens with one attached hydrogen (secondary N) is 1.